The number of urea groups is 1. The molecule has 0 radical (unpaired) electrons. The lowest BCUT2D eigenvalue weighted by Crippen LogP contribution is -2.60. The van der Waals surface area contributed by atoms with Crippen molar-refractivity contribution >= 4 is 17.6 Å². The Hall–Kier alpha value is -2.11. The molecule has 0 bridgehead atoms. The van der Waals surface area contributed by atoms with E-state index < -0.39 is 11.9 Å². The summed E-state index contributed by atoms with van der Waals surface area (Å²) in [7, 11) is 0. The number of carbonyl (C=O) groups is 2. The number of carbonyl (C=O) groups excluding carboxylic acids is 2. The minimum atomic E-state index is -0.602. The summed E-state index contributed by atoms with van der Waals surface area (Å²) in [6.45, 7) is 4.89. The molecule has 1 aliphatic heterocycles. The van der Waals surface area contributed by atoms with Gasteiger partial charge in [-0.05, 0) is 25.5 Å². The molecule has 6 heteroatoms. The third-order valence-electron chi connectivity index (χ3n) is 3.59. The minimum absolute atomic E-state index is 0.245. The molecule has 1 fully saturated rings. The van der Waals surface area contributed by atoms with Crippen LogP contribution in [0.3, 0.4) is 0 Å². The second-order valence-electron chi connectivity index (χ2n) is 5.04. The van der Waals surface area contributed by atoms with Gasteiger partial charge in [0.2, 0.25) is 5.91 Å². The zero-order chi connectivity index (χ0) is 15.4. The van der Waals surface area contributed by atoms with Crippen LogP contribution in [0.25, 0.3) is 0 Å². The van der Waals surface area contributed by atoms with Crippen LogP contribution < -0.4 is 10.2 Å². The van der Waals surface area contributed by atoms with Crippen molar-refractivity contribution in [2.75, 3.05) is 24.5 Å². The fourth-order valence-electron chi connectivity index (χ4n) is 2.39. The Balaban J connectivity index is 2.11. The van der Waals surface area contributed by atoms with Crippen molar-refractivity contribution in [2.45, 2.75) is 26.3 Å². The quantitative estimate of drug-likeness (QED) is 0.926. The molecular weight excluding hydrogens is 273 g/mol. The maximum absolute atomic E-state index is 13.8. The molecule has 1 unspecified atom stereocenters. The number of hydrogen-bond acceptors (Lipinski definition) is 2. The average Bonchev–Trinajstić information content (AvgIpc) is 2.48. The summed E-state index contributed by atoms with van der Waals surface area (Å²) >= 11 is 0. The molecule has 1 aromatic carbocycles. The molecule has 21 heavy (non-hydrogen) atoms. The van der Waals surface area contributed by atoms with Crippen LogP contribution in [0.4, 0.5) is 14.9 Å². The van der Waals surface area contributed by atoms with Gasteiger partial charge in [-0.25, -0.2) is 9.18 Å². The fraction of sp³-hybridized carbons (Fsp3) is 0.467. The van der Waals surface area contributed by atoms with Crippen LogP contribution in [-0.2, 0) is 4.79 Å². The topological polar surface area (TPSA) is 52.7 Å². The molecule has 1 aliphatic rings. The first-order valence-electron chi connectivity index (χ1n) is 7.16. The smallest absolute Gasteiger partial charge is 0.318 e. The maximum Gasteiger partial charge on any atom is 0.318 e. The molecule has 3 amide bonds. The Kier molecular flexibility index (Phi) is 4.77. The lowest BCUT2D eigenvalue weighted by Gasteiger charge is -2.39. The average molecular weight is 293 g/mol. The molecule has 0 spiro atoms. The number of hydrogen-bond donors (Lipinski definition) is 1. The molecule has 0 saturated carbocycles. The van der Waals surface area contributed by atoms with Gasteiger partial charge in [-0.2, -0.15) is 0 Å². The number of piperazine rings is 1. The number of para-hydroxylation sites is 1. The summed E-state index contributed by atoms with van der Waals surface area (Å²) in [6.07, 6.45) is 0.837. The van der Waals surface area contributed by atoms with E-state index in [1.54, 1.807) is 25.1 Å². The third kappa shape index (κ3) is 3.15. The summed E-state index contributed by atoms with van der Waals surface area (Å²) in [6, 6.07) is 5.33. The van der Waals surface area contributed by atoms with Gasteiger partial charge in [-0.1, -0.05) is 19.1 Å². The number of halogens is 1. The van der Waals surface area contributed by atoms with Crippen LogP contribution in [0.1, 0.15) is 20.3 Å². The van der Waals surface area contributed by atoms with E-state index in [-0.39, 0.29) is 17.6 Å². The Morgan fingerprint density at radius 3 is 2.76 bits per heavy atom. The maximum atomic E-state index is 13.8. The summed E-state index contributed by atoms with van der Waals surface area (Å²) in [5.74, 6) is -0.695. The summed E-state index contributed by atoms with van der Waals surface area (Å²) in [5.41, 5.74) is 0.267. The van der Waals surface area contributed by atoms with Gasteiger partial charge in [0.15, 0.2) is 0 Å². The largest absolute Gasteiger partial charge is 0.338 e. The molecule has 1 heterocycles. The van der Waals surface area contributed by atoms with Gasteiger partial charge in [0.1, 0.15) is 11.9 Å². The summed E-state index contributed by atoms with van der Waals surface area (Å²) in [5, 5.41) is 2.76. The van der Waals surface area contributed by atoms with Crippen molar-refractivity contribution in [3.63, 3.8) is 0 Å². The molecule has 1 aromatic rings. The number of anilines is 1. The highest BCUT2D eigenvalue weighted by Gasteiger charge is 2.35. The molecule has 114 valence electrons. The van der Waals surface area contributed by atoms with Crippen molar-refractivity contribution in [2.24, 2.45) is 0 Å². The fourth-order valence-corrected chi connectivity index (χ4v) is 2.39. The van der Waals surface area contributed by atoms with Gasteiger partial charge < -0.3 is 15.1 Å². The molecule has 0 aliphatic carbocycles. The molecule has 0 aromatic heterocycles. The highest BCUT2D eigenvalue weighted by molar-refractivity contribution is 6.00. The van der Waals surface area contributed by atoms with E-state index in [2.05, 4.69) is 5.32 Å². The third-order valence-corrected chi connectivity index (χ3v) is 3.59. The number of benzene rings is 1. The Bertz CT molecular complexity index is 535. The first-order valence-corrected chi connectivity index (χ1v) is 7.16. The standard InChI is InChI=1S/C15H20FN3O2/c1-3-8-17-15(21)18-9-10-19(14(20)11(18)2)13-7-5-4-6-12(13)16/h4-7,11H,3,8-10H2,1-2H3,(H,17,21). The summed E-state index contributed by atoms with van der Waals surface area (Å²) < 4.78 is 13.8. The zero-order valence-electron chi connectivity index (χ0n) is 12.3. The van der Waals surface area contributed by atoms with Crippen molar-refractivity contribution in [1.29, 1.82) is 0 Å². The van der Waals surface area contributed by atoms with E-state index >= 15 is 0 Å². The molecular formula is C15H20FN3O2. The van der Waals surface area contributed by atoms with Gasteiger partial charge in [0.25, 0.3) is 0 Å². The molecule has 1 saturated heterocycles. The van der Waals surface area contributed by atoms with Crippen LogP contribution in [0.2, 0.25) is 0 Å². The van der Waals surface area contributed by atoms with Crippen molar-refractivity contribution in [3.8, 4) is 0 Å². The lowest BCUT2D eigenvalue weighted by atomic mass is 10.1. The van der Waals surface area contributed by atoms with E-state index in [0.29, 0.717) is 19.6 Å². The van der Waals surface area contributed by atoms with E-state index in [0.717, 1.165) is 6.42 Å². The highest BCUT2D eigenvalue weighted by Crippen LogP contribution is 2.23. The van der Waals surface area contributed by atoms with Crippen LogP contribution in [-0.4, -0.2) is 42.5 Å². The Morgan fingerprint density at radius 2 is 2.10 bits per heavy atom. The monoisotopic (exact) mass is 293 g/mol. The van der Waals surface area contributed by atoms with E-state index in [9.17, 15) is 14.0 Å². The normalized spacial score (nSPS) is 18.8. The van der Waals surface area contributed by atoms with Crippen LogP contribution >= 0.6 is 0 Å². The van der Waals surface area contributed by atoms with Crippen LogP contribution in [0.5, 0.6) is 0 Å². The second-order valence-corrected chi connectivity index (χ2v) is 5.04. The van der Waals surface area contributed by atoms with Crippen molar-refractivity contribution < 1.29 is 14.0 Å². The Labute approximate surface area is 123 Å². The highest BCUT2D eigenvalue weighted by atomic mass is 19.1. The van der Waals surface area contributed by atoms with Crippen molar-refractivity contribution in [1.82, 2.24) is 10.2 Å². The van der Waals surface area contributed by atoms with E-state index in [1.807, 2.05) is 6.92 Å². The number of rotatable bonds is 3. The first kappa shape index (κ1) is 15.3. The van der Waals surface area contributed by atoms with Gasteiger partial charge in [-0.3, -0.25) is 4.79 Å². The van der Waals surface area contributed by atoms with Crippen molar-refractivity contribution in [3.05, 3.63) is 30.1 Å². The summed E-state index contributed by atoms with van der Waals surface area (Å²) in [4.78, 5) is 27.3. The second kappa shape index (κ2) is 6.56. The minimum Gasteiger partial charge on any atom is -0.338 e. The van der Waals surface area contributed by atoms with Crippen LogP contribution in [0.15, 0.2) is 24.3 Å². The lowest BCUT2D eigenvalue weighted by molar-refractivity contribution is -0.124. The van der Waals surface area contributed by atoms with Crippen LogP contribution in [0, 0.1) is 5.82 Å². The van der Waals surface area contributed by atoms with E-state index in [4.69, 9.17) is 0 Å². The van der Waals surface area contributed by atoms with Gasteiger partial charge in [0.05, 0.1) is 5.69 Å². The zero-order valence-corrected chi connectivity index (χ0v) is 12.3. The van der Waals surface area contributed by atoms with Gasteiger partial charge in [0, 0.05) is 19.6 Å². The van der Waals surface area contributed by atoms with Gasteiger partial charge >= 0.3 is 6.03 Å². The molecule has 5 nitrogen and oxygen atoms in total. The SMILES string of the molecule is CCCNC(=O)N1CCN(c2ccccc2F)C(=O)C1C. The van der Waals surface area contributed by atoms with Gasteiger partial charge in [-0.15, -0.1) is 0 Å². The number of nitrogens with one attached hydrogen (secondary N) is 1. The first-order chi connectivity index (χ1) is 10.1. The molecule has 1 N–H and O–H groups in total. The predicted molar refractivity (Wildman–Crippen MR) is 78.6 cm³/mol. The predicted octanol–water partition coefficient (Wildman–Crippen LogP) is 1.98. The van der Waals surface area contributed by atoms with E-state index in [1.165, 1.54) is 15.9 Å². The Morgan fingerprint density at radius 1 is 1.38 bits per heavy atom. The molecule has 1 atom stereocenters. The molecule has 2 rings (SSSR count). The number of amides is 3. The number of nitrogens with zero attached hydrogens (tertiary/aromatic N) is 2.